The number of hydrogen-bond acceptors (Lipinski definition) is 4. The third-order valence-corrected chi connectivity index (χ3v) is 4.95. The molecule has 1 aliphatic rings. The predicted octanol–water partition coefficient (Wildman–Crippen LogP) is 1.38. The van der Waals surface area contributed by atoms with Gasteiger partial charge in [0.1, 0.15) is 5.15 Å². The first kappa shape index (κ1) is 15.4. The second kappa shape index (κ2) is 6.20. The average molecular weight is 316 g/mol. The van der Waals surface area contributed by atoms with Crippen LogP contribution in [0.15, 0.2) is 6.08 Å². The average Bonchev–Trinajstić information content (AvgIpc) is 2.92. The number of carbonyl (C=O) groups excluding carboxylic acids is 1. The summed E-state index contributed by atoms with van der Waals surface area (Å²) in [7, 11) is 1.75. The van der Waals surface area contributed by atoms with Crippen LogP contribution < -0.4 is 5.32 Å². The molecule has 0 aromatic carbocycles. The highest BCUT2D eigenvalue weighted by Crippen LogP contribution is 2.27. The molecule has 2 N–H and O–H groups in total. The molecule has 1 amide bonds. The fourth-order valence-electron chi connectivity index (χ4n) is 2.04. The summed E-state index contributed by atoms with van der Waals surface area (Å²) in [5.74, 6) is 1.37. The van der Waals surface area contributed by atoms with Gasteiger partial charge in [0, 0.05) is 31.0 Å². The van der Waals surface area contributed by atoms with Gasteiger partial charge in [0.05, 0.1) is 11.3 Å². The van der Waals surface area contributed by atoms with E-state index in [1.165, 1.54) is 6.08 Å². The maximum Gasteiger partial charge on any atom is 0.244 e. The minimum absolute atomic E-state index is 0.241. The number of carbonyl (C=O) groups is 1. The minimum atomic E-state index is -0.768. The Kier molecular flexibility index (Phi) is 4.78. The molecule has 1 saturated heterocycles. The zero-order valence-corrected chi connectivity index (χ0v) is 13.1. The number of hydrogen-bond donors (Lipinski definition) is 2. The topological polar surface area (TPSA) is 67.2 Å². The van der Waals surface area contributed by atoms with Gasteiger partial charge in [0.2, 0.25) is 5.91 Å². The molecule has 1 aliphatic heterocycles. The highest BCUT2D eigenvalue weighted by atomic mass is 35.5. The van der Waals surface area contributed by atoms with Crippen LogP contribution in [0, 0.1) is 6.92 Å². The lowest BCUT2D eigenvalue weighted by Gasteiger charge is -2.20. The number of nitrogens with zero attached hydrogens (tertiary/aromatic N) is 2. The van der Waals surface area contributed by atoms with Crippen LogP contribution in [0.4, 0.5) is 0 Å². The molecule has 0 radical (unpaired) electrons. The Balaban J connectivity index is 1.92. The van der Waals surface area contributed by atoms with Crippen molar-refractivity contribution in [1.29, 1.82) is 0 Å². The van der Waals surface area contributed by atoms with Gasteiger partial charge in [-0.15, -0.1) is 0 Å². The standard InChI is InChI=1S/C13H18ClN3O2S/c1-9-10(12(14)17(2)16-9)3-4-11(18)15-7-13(19)5-6-20-8-13/h3-4,19H,5-8H2,1-2H3,(H,15,18). The van der Waals surface area contributed by atoms with Gasteiger partial charge < -0.3 is 10.4 Å². The molecule has 0 aliphatic carbocycles. The van der Waals surface area contributed by atoms with Gasteiger partial charge in [0.15, 0.2) is 0 Å². The molecule has 7 heteroatoms. The van der Waals surface area contributed by atoms with Gasteiger partial charge in [-0.25, -0.2) is 0 Å². The number of aryl methyl sites for hydroxylation is 2. The number of aliphatic hydroxyl groups is 1. The Morgan fingerprint density at radius 1 is 1.70 bits per heavy atom. The second-order valence-electron chi connectivity index (χ2n) is 4.99. The fraction of sp³-hybridized carbons (Fsp3) is 0.538. The summed E-state index contributed by atoms with van der Waals surface area (Å²) in [6, 6.07) is 0. The van der Waals surface area contributed by atoms with Gasteiger partial charge in [-0.2, -0.15) is 16.9 Å². The van der Waals surface area contributed by atoms with Gasteiger partial charge in [0.25, 0.3) is 0 Å². The molecule has 2 heterocycles. The molecule has 20 heavy (non-hydrogen) atoms. The van der Waals surface area contributed by atoms with E-state index >= 15 is 0 Å². The molecule has 1 aromatic heterocycles. The first-order chi connectivity index (χ1) is 9.41. The third kappa shape index (κ3) is 3.56. The van der Waals surface area contributed by atoms with E-state index in [0.29, 0.717) is 10.9 Å². The second-order valence-corrected chi connectivity index (χ2v) is 6.45. The Labute approximate surface area is 127 Å². The summed E-state index contributed by atoms with van der Waals surface area (Å²) in [6.45, 7) is 2.12. The lowest BCUT2D eigenvalue weighted by Crippen LogP contribution is -2.42. The maximum atomic E-state index is 11.8. The van der Waals surface area contributed by atoms with E-state index in [4.69, 9.17) is 11.6 Å². The van der Waals surface area contributed by atoms with E-state index in [9.17, 15) is 9.90 Å². The fourth-order valence-corrected chi connectivity index (χ4v) is 3.57. The van der Waals surface area contributed by atoms with Crippen LogP contribution in [-0.2, 0) is 11.8 Å². The van der Waals surface area contributed by atoms with Crippen molar-refractivity contribution in [3.05, 3.63) is 22.5 Å². The van der Waals surface area contributed by atoms with Crippen LogP contribution in [0.2, 0.25) is 5.15 Å². The molecule has 0 spiro atoms. The summed E-state index contributed by atoms with van der Waals surface area (Å²) in [5.41, 5.74) is 0.738. The van der Waals surface area contributed by atoms with E-state index < -0.39 is 5.60 Å². The monoisotopic (exact) mass is 315 g/mol. The van der Waals surface area contributed by atoms with Crippen LogP contribution >= 0.6 is 23.4 Å². The number of thioether (sulfide) groups is 1. The highest BCUT2D eigenvalue weighted by Gasteiger charge is 2.31. The molecule has 1 atom stereocenters. The number of halogens is 1. The van der Waals surface area contributed by atoms with Crippen LogP contribution in [-0.4, -0.2) is 44.4 Å². The Hall–Kier alpha value is -0.980. The van der Waals surface area contributed by atoms with Crippen molar-refractivity contribution in [1.82, 2.24) is 15.1 Å². The summed E-state index contributed by atoms with van der Waals surface area (Å²) >= 11 is 7.78. The molecule has 1 aromatic rings. The number of rotatable bonds is 4. The van der Waals surface area contributed by atoms with Crippen molar-refractivity contribution in [2.75, 3.05) is 18.1 Å². The van der Waals surface area contributed by atoms with Gasteiger partial charge >= 0.3 is 0 Å². The van der Waals surface area contributed by atoms with E-state index in [1.54, 1.807) is 29.6 Å². The number of nitrogens with one attached hydrogen (secondary N) is 1. The normalized spacial score (nSPS) is 22.6. The molecule has 5 nitrogen and oxygen atoms in total. The van der Waals surface area contributed by atoms with Gasteiger partial charge in [-0.05, 0) is 25.2 Å². The van der Waals surface area contributed by atoms with Crippen molar-refractivity contribution in [3.8, 4) is 0 Å². The van der Waals surface area contributed by atoms with Crippen molar-refractivity contribution in [2.45, 2.75) is 18.9 Å². The molecule has 1 fully saturated rings. The first-order valence-corrected chi connectivity index (χ1v) is 7.90. The van der Waals surface area contributed by atoms with Crippen LogP contribution in [0.3, 0.4) is 0 Å². The van der Waals surface area contributed by atoms with E-state index in [2.05, 4.69) is 10.4 Å². The Bertz CT molecular complexity index is 536. The summed E-state index contributed by atoms with van der Waals surface area (Å²) < 4.78 is 1.56. The molecule has 1 unspecified atom stereocenters. The van der Waals surface area contributed by atoms with Gasteiger partial charge in [-0.3, -0.25) is 9.48 Å². The summed E-state index contributed by atoms with van der Waals surface area (Å²) in [6.07, 6.45) is 3.78. The SMILES string of the molecule is Cc1nn(C)c(Cl)c1C=CC(=O)NCC1(O)CCSC1. The van der Waals surface area contributed by atoms with E-state index in [-0.39, 0.29) is 12.5 Å². The first-order valence-electron chi connectivity index (χ1n) is 6.36. The molecule has 0 bridgehead atoms. The van der Waals surface area contributed by atoms with E-state index in [0.717, 1.165) is 23.4 Å². The van der Waals surface area contributed by atoms with Crippen LogP contribution in [0.25, 0.3) is 6.08 Å². The molecule has 2 rings (SSSR count). The summed E-state index contributed by atoms with van der Waals surface area (Å²) in [4.78, 5) is 11.8. The Morgan fingerprint density at radius 3 is 3.00 bits per heavy atom. The zero-order valence-electron chi connectivity index (χ0n) is 11.5. The predicted molar refractivity (Wildman–Crippen MR) is 81.9 cm³/mol. The molecular weight excluding hydrogens is 298 g/mol. The van der Waals surface area contributed by atoms with Crippen LogP contribution in [0.1, 0.15) is 17.7 Å². The lowest BCUT2D eigenvalue weighted by molar-refractivity contribution is -0.117. The molecule has 110 valence electrons. The smallest absolute Gasteiger partial charge is 0.244 e. The van der Waals surface area contributed by atoms with Crippen LogP contribution in [0.5, 0.6) is 0 Å². The number of amides is 1. The molecular formula is C13H18ClN3O2S. The maximum absolute atomic E-state index is 11.8. The minimum Gasteiger partial charge on any atom is -0.387 e. The van der Waals surface area contributed by atoms with Crippen molar-refractivity contribution in [2.24, 2.45) is 7.05 Å². The third-order valence-electron chi connectivity index (χ3n) is 3.27. The largest absolute Gasteiger partial charge is 0.387 e. The van der Waals surface area contributed by atoms with Crippen molar-refractivity contribution >= 4 is 35.3 Å². The zero-order chi connectivity index (χ0) is 14.8. The summed E-state index contributed by atoms with van der Waals surface area (Å²) in [5, 5.41) is 17.5. The number of aromatic nitrogens is 2. The van der Waals surface area contributed by atoms with E-state index in [1.807, 2.05) is 6.92 Å². The van der Waals surface area contributed by atoms with Gasteiger partial charge in [-0.1, -0.05) is 11.6 Å². The van der Waals surface area contributed by atoms with Crippen molar-refractivity contribution < 1.29 is 9.90 Å². The quantitative estimate of drug-likeness (QED) is 0.824. The Morgan fingerprint density at radius 2 is 2.45 bits per heavy atom. The lowest BCUT2D eigenvalue weighted by atomic mass is 10.0. The molecule has 0 saturated carbocycles. The highest BCUT2D eigenvalue weighted by molar-refractivity contribution is 7.99. The van der Waals surface area contributed by atoms with Crippen molar-refractivity contribution in [3.63, 3.8) is 0 Å².